The molecule has 1 aromatic carbocycles. The van der Waals surface area contributed by atoms with Crippen molar-refractivity contribution in [2.45, 2.75) is 45.9 Å². The highest BCUT2D eigenvalue weighted by Crippen LogP contribution is 2.20. The normalized spacial score (nSPS) is 13.7. The molecule has 1 rings (SSSR count). The lowest BCUT2D eigenvalue weighted by molar-refractivity contribution is 0.0920. The zero-order valence-electron chi connectivity index (χ0n) is 13.8. The van der Waals surface area contributed by atoms with Gasteiger partial charge in [0.1, 0.15) is 0 Å². The van der Waals surface area contributed by atoms with E-state index in [1.54, 1.807) is 7.11 Å². The number of nitrogens with one attached hydrogen (secondary N) is 2. The minimum Gasteiger partial charge on any atom is -0.380 e. The SMILES string of the molecule is COC(C)[C@H](C)NC(=O)Nc1cccc(N(C)C(C)C)c1. The van der Waals surface area contributed by atoms with Crippen LogP contribution in [0.15, 0.2) is 24.3 Å². The minimum atomic E-state index is -0.226. The van der Waals surface area contributed by atoms with Gasteiger partial charge in [-0.05, 0) is 45.9 Å². The summed E-state index contributed by atoms with van der Waals surface area (Å²) in [4.78, 5) is 14.1. The van der Waals surface area contributed by atoms with Gasteiger partial charge in [-0.2, -0.15) is 0 Å². The fourth-order valence-corrected chi connectivity index (χ4v) is 1.80. The number of nitrogens with zero attached hydrogens (tertiary/aromatic N) is 1. The van der Waals surface area contributed by atoms with Crippen molar-refractivity contribution in [2.75, 3.05) is 24.4 Å². The Bertz CT molecular complexity index is 463. The van der Waals surface area contributed by atoms with Crippen LogP contribution in [0, 0.1) is 0 Å². The fraction of sp³-hybridized carbons (Fsp3) is 0.562. The van der Waals surface area contributed by atoms with Gasteiger partial charge in [0.2, 0.25) is 0 Å². The molecule has 0 bridgehead atoms. The molecule has 0 aliphatic carbocycles. The number of hydrogen-bond acceptors (Lipinski definition) is 3. The van der Waals surface area contributed by atoms with E-state index in [2.05, 4.69) is 29.4 Å². The molecular formula is C16H27N3O2. The minimum absolute atomic E-state index is 0.0332. The molecule has 2 N–H and O–H groups in total. The van der Waals surface area contributed by atoms with Gasteiger partial charge in [-0.25, -0.2) is 4.79 Å². The number of methoxy groups -OCH3 is 1. The van der Waals surface area contributed by atoms with Crippen LogP contribution in [0.25, 0.3) is 0 Å². The summed E-state index contributed by atoms with van der Waals surface area (Å²) < 4.78 is 5.19. The van der Waals surface area contributed by atoms with Crippen molar-refractivity contribution < 1.29 is 9.53 Å². The number of urea groups is 1. The molecule has 0 saturated carbocycles. The lowest BCUT2D eigenvalue weighted by atomic mass is 10.2. The molecule has 0 aromatic heterocycles. The molecule has 0 heterocycles. The van der Waals surface area contributed by atoms with Crippen molar-refractivity contribution >= 4 is 17.4 Å². The molecule has 0 aliphatic rings. The summed E-state index contributed by atoms with van der Waals surface area (Å²) in [7, 11) is 3.66. The zero-order chi connectivity index (χ0) is 16.0. The number of benzene rings is 1. The first-order valence-electron chi connectivity index (χ1n) is 7.28. The quantitative estimate of drug-likeness (QED) is 0.847. The Morgan fingerprint density at radius 1 is 1.24 bits per heavy atom. The van der Waals surface area contributed by atoms with Gasteiger partial charge in [-0.3, -0.25) is 0 Å². The van der Waals surface area contributed by atoms with E-state index < -0.39 is 0 Å². The van der Waals surface area contributed by atoms with E-state index in [0.717, 1.165) is 11.4 Å². The average molecular weight is 293 g/mol. The third-order valence-electron chi connectivity index (χ3n) is 3.72. The van der Waals surface area contributed by atoms with Crippen LogP contribution in [-0.2, 0) is 4.74 Å². The summed E-state index contributed by atoms with van der Waals surface area (Å²) in [6.07, 6.45) is -0.0332. The van der Waals surface area contributed by atoms with Crippen molar-refractivity contribution in [3.8, 4) is 0 Å². The molecule has 2 amide bonds. The Labute approximate surface area is 127 Å². The van der Waals surface area contributed by atoms with Crippen molar-refractivity contribution in [3.63, 3.8) is 0 Å². The molecule has 1 unspecified atom stereocenters. The van der Waals surface area contributed by atoms with Crippen LogP contribution in [0.3, 0.4) is 0 Å². The maximum Gasteiger partial charge on any atom is 0.319 e. The Morgan fingerprint density at radius 2 is 1.90 bits per heavy atom. The Morgan fingerprint density at radius 3 is 2.48 bits per heavy atom. The van der Waals surface area contributed by atoms with Crippen LogP contribution >= 0.6 is 0 Å². The summed E-state index contributed by atoms with van der Waals surface area (Å²) in [6, 6.07) is 7.92. The molecule has 5 nitrogen and oxygen atoms in total. The second kappa shape index (κ2) is 7.88. The number of ether oxygens (including phenoxy) is 1. The van der Waals surface area contributed by atoms with E-state index in [9.17, 15) is 4.79 Å². The van der Waals surface area contributed by atoms with Crippen LogP contribution in [0.5, 0.6) is 0 Å². The largest absolute Gasteiger partial charge is 0.380 e. The number of hydrogen-bond donors (Lipinski definition) is 2. The number of anilines is 2. The van der Waals surface area contributed by atoms with Crippen molar-refractivity contribution in [1.29, 1.82) is 0 Å². The monoisotopic (exact) mass is 293 g/mol. The number of carbonyl (C=O) groups is 1. The van der Waals surface area contributed by atoms with Crippen molar-refractivity contribution in [2.24, 2.45) is 0 Å². The van der Waals surface area contributed by atoms with Gasteiger partial charge in [-0.15, -0.1) is 0 Å². The molecule has 0 fully saturated rings. The smallest absolute Gasteiger partial charge is 0.319 e. The standard InChI is InChI=1S/C16H27N3O2/c1-11(2)19(5)15-9-7-8-14(10-15)18-16(20)17-12(3)13(4)21-6/h7-13H,1-6H3,(H2,17,18,20)/t12-,13?/m0/s1. The van der Waals surface area contributed by atoms with Crippen LogP contribution in [-0.4, -0.2) is 38.4 Å². The number of rotatable bonds is 6. The Hall–Kier alpha value is -1.75. The lowest BCUT2D eigenvalue weighted by Gasteiger charge is -2.24. The lowest BCUT2D eigenvalue weighted by Crippen LogP contribution is -2.42. The highest BCUT2D eigenvalue weighted by molar-refractivity contribution is 5.90. The third-order valence-corrected chi connectivity index (χ3v) is 3.72. The molecular weight excluding hydrogens is 266 g/mol. The summed E-state index contributed by atoms with van der Waals surface area (Å²) in [6.45, 7) is 8.08. The zero-order valence-corrected chi connectivity index (χ0v) is 13.8. The van der Waals surface area contributed by atoms with Gasteiger partial charge < -0.3 is 20.3 Å². The molecule has 1 aromatic rings. The van der Waals surface area contributed by atoms with E-state index >= 15 is 0 Å². The van der Waals surface area contributed by atoms with E-state index in [1.807, 2.05) is 45.2 Å². The maximum atomic E-state index is 12.0. The predicted molar refractivity (Wildman–Crippen MR) is 88.1 cm³/mol. The van der Waals surface area contributed by atoms with Gasteiger partial charge in [0.05, 0.1) is 12.1 Å². The number of carbonyl (C=O) groups excluding carboxylic acids is 1. The first-order chi connectivity index (χ1) is 9.85. The Kier molecular flexibility index (Phi) is 6.49. The van der Waals surface area contributed by atoms with Gasteiger partial charge >= 0.3 is 6.03 Å². The second-order valence-corrected chi connectivity index (χ2v) is 5.58. The summed E-state index contributed by atoms with van der Waals surface area (Å²) in [5, 5.41) is 5.72. The van der Waals surface area contributed by atoms with Gasteiger partial charge in [-0.1, -0.05) is 6.07 Å². The summed E-state index contributed by atoms with van der Waals surface area (Å²) >= 11 is 0. The first kappa shape index (κ1) is 17.3. The number of amides is 2. The van der Waals surface area contributed by atoms with Crippen LogP contribution in [0.4, 0.5) is 16.2 Å². The summed E-state index contributed by atoms with van der Waals surface area (Å²) in [5.74, 6) is 0. The molecule has 0 saturated heterocycles. The molecule has 2 atom stereocenters. The van der Waals surface area contributed by atoms with E-state index in [0.29, 0.717) is 6.04 Å². The highest BCUT2D eigenvalue weighted by atomic mass is 16.5. The topological polar surface area (TPSA) is 53.6 Å². The fourth-order valence-electron chi connectivity index (χ4n) is 1.80. The van der Waals surface area contributed by atoms with Gasteiger partial charge in [0.15, 0.2) is 0 Å². The predicted octanol–water partition coefficient (Wildman–Crippen LogP) is 3.08. The molecule has 0 aliphatic heterocycles. The Balaban J connectivity index is 2.66. The van der Waals surface area contributed by atoms with E-state index in [1.165, 1.54) is 0 Å². The molecule has 0 radical (unpaired) electrons. The van der Waals surface area contributed by atoms with E-state index in [-0.39, 0.29) is 18.2 Å². The molecule has 0 spiro atoms. The second-order valence-electron chi connectivity index (χ2n) is 5.58. The van der Waals surface area contributed by atoms with Gasteiger partial charge in [0.25, 0.3) is 0 Å². The van der Waals surface area contributed by atoms with Crippen LogP contribution in [0.2, 0.25) is 0 Å². The molecule has 5 heteroatoms. The maximum absolute atomic E-state index is 12.0. The molecule has 118 valence electrons. The van der Waals surface area contributed by atoms with Crippen LogP contribution < -0.4 is 15.5 Å². The third kappa shape index (κ3) is 5.27. The molecule has 21 heavy (non-hydrogen) atoms. The van der Waals surface area contributed by atoms with Crippen LogP contribution in [0.1, 0.15) is 27.7 Å². The van der Waals surface area contributed by atoms with Crippen molar-refractivity contribution in [3.05, 3.63) is 24.3 Å². The highest BCUT2D eigenvalue weighted by Gasteiger charge is 2.14. The van der Waals surface area contributed by atoms with Crippen molar-refractivity contribution in [1.82, 2.24) is 5.32 Å². The first-order valence-corrected chi connectivity index (χ1v) is 7.28. The van der Waals surface area contributed by atoms with Gasteiger partial charge in [0, 0.05) is 31.6 Å². The average Bonchev–Trinajstić information content (AvgIpc) is 2.45. The van der Waals surface area contributed by atoms with E-state index in [4.69, 9.17) is 4.74 Å². The summed E-state index contributed by atoms with van der Waals surface area (Å²) in [5.41, 5.74) is 1.84.